The molecule has 0 spiro atoms. The van der Waals surface area contributed by atoms with E-state index < -0.39 is 6.10 Å². The Kier molecular flexibility index (Phi) is 5.07. The number of anilines is 1. The number of amides is 1. The molecule has 0 saturated carbocycles. The van der Waals surface area contributed by atoms with Gasteiger partial charge in [0.05, 0.1) is 0 Å². The van der Waals surface area contributed by atoms with E-state index >= 15 is 0 Å². The first kappa shape index (κ1) is 17.7. The number of rotatable bonds is 5. The molecule has 0 aliphatic heterocycles. The minimum absolute atomic E-state index is 0.294. The molecule has 134 valence electrons. The maximum absolute atomic E-state index is 12.4. The van der Waals surface area contributed by atoms with E-state index in [0.717, 1.165) is 16.7 Å². The van der Waals surface area contributed by atoms with Gasteiger partial charge in [0.15, 0.2) is 6.10 Å². The highest BCUT2D eigenvalue weighted by Crippen LogP contribution is 2.24. The molecule has 26 heavy (non-hydrogen) atoms. The van der Waals surface area contributed by atoms with Gasteiger partial charge in [-0.2, -0.15) is 0 Å². The fourth-order valence-corrected chi connectivity index (χ4v) is 2.51. The molecule has 1 aromatic heterocycles. The van der Waals surface area contributed by atoms with Gasteiger partial charge in [0.2, 0.25) is 5.88 Å². The second kappa shape index (κ2) is 7.44. The lowest BCUT2D eigenvalue weighted by atomic mass is 10.1. The standard InChI is InChI=1S/C21H22N2O3/c1-13-8-10-17(11-9-13)18-12-20(26-23-18)22-21(24)16(4)25-19-7-5-6-14(2)15(19)3/h5-12,16H,1-4H3,(H,22,24)/t16-/m0/s1. The summed E-state index contributed by atoms with van der Waals surface area (Å²) in [4.78, 5) is 12.4. The van der Waals surface area contributed by atoms with Crippen molar-refractivity contribution in [3.8, 4) is 17.0 Å². The lowest BCUT2D eigenvalue weighted by molar-refractivity contribution is -0.122. The van der Waals surface area contributed by atoms with Gasteiger partial charge in [-0.25, -0.2) is 0 Å². The molecule has 3 aromatic rings. The first-order valence-electron chi connectivity index (χ1n) is 8.51. The van der Waals surface area contributed by atoms with Gasteiger partial charge in [-0.05, 0) is 44.9 Å². The summed E-state index contributed by atoms with van der Waals surface area (Å²) in [5.74, 6) is 0.699. The molecule has 5 nitrogen and oxygen atoms in total. The summed E-state index contributed by atoms with van der Waals surface area (Å²) < 4.78 is 11.0. The van der Waals surface area contributed by atoms with Gasteiger partial charge in [-0.1, -0.05) is 47.1 Å². The predicted octanol–water partition coefficient (Wildman–Crippen LogP) is 4.67. The van der Waals surface area contributed by atoms with Crippen molar-refractivity contribution in [2.75, 3.05) is 5.32 Å². The van der Waals surface area contributed by atoms with Crippen LogP contribution < -0.4 is 10.1 Å². The number of nitrogens with zero attached hydrogens (tertiary/aromatic N) is 1. The minimum Gasteiger partial charge on any atom is -0.481 e. The molecule has 1 N–H and O–H groups in total. The quantitative estimate of drug-likeness (QED) is 0.726. The van der Waals surface area contributed by atoms with Crippen LogP contribution in [-0.4, -0.2) is 17.2 Å². The maximum atomic E-state index is 12.4. The van der Waals surface area contributed by atoms with Crippen molar-refractivity contribution in [1.82, 2.24) is 5.16 Å². The van der Waals surface area contributed by atoms with Crippen LogP contribution in [0.4, 0.5) is 5.88 Å². The molecule has 0 bridgehead atoms. The molecule has 0 aliphatic rings. The number of nitrogens with one attached hydrogen (secondary N) is 1. The zero-order chi connectivity index (χ0) is 18.7. The molecule has 3 rings (SSSR count). The summed E-state index contributed by atoms with van der Waals surface area (Å²) >= 11 is 0. The molecule has 2 aromatic carbocycles. The Balaban J connectivity index is 1.66. The van der Waals surface area contributed by atoms with Gasteiger partial charge in [0.25, 0.3) is 5.91 Å². The Hall–Kier alpha value is -3.08. The SMILES string of the molecule is Cc1ccc(-c2cc(NC(=O)[C@H](C)Oc3cccc(C)c3C)on2)cc1. The Morgan fingerprint density at radius 3 is 2.58 bits per heavy atom. The molecule has 1 atom stereocenters. The molecular weight excluding hydrogens is 328 g/mol. The van der Waals surface area contributed by atoms with E-state index in [1.165, 1.54) is 5.56 Å². The van der Waals surface area contributed by atoms with Crippen LogP contribution in [0.1, 0.15) is 23.6 Å². The molecule has 1 heterocycles. The van der Waals surface area contributed by atoms with Gasteiger partial charge >= 0.3 is 0 Å². The minimum atomic E-state index is -0.663. The van der Waals surface area contributed by atoms with Gasteiger partial charge in [0.1, 0.15) is 11.4 Å². The van der Waals surface area contributed by atoms with Crippen molar-refractivity contribution in [1.29, 1.82) is 0 Å². The van der Waals surface area contributed by atoms with Crippen molar-refractivity contribution in [3.05, 3.63) is 65.2 Å². The van der Waals surface area contributed by atoms with E-state index in [9.17, 15) is 4.79 Å². The number of hydrogen-bond donors (Lipinski definition) is 1. The summed E-state index contributed by atoms with van der Waals surface area (Å²) in [5.41, 5.74) is 4.91. The first-order chi connectivity index (χ1) is 12.4. The van der Waals surface area contributed by atoms with Gasteiger partial charge in [-0.15, -0.1) is 0 Å². The predicted molar refractivity (Wildman–Crippen MR) is 101 cm³/mol. The molecule has 0 radical (unpaired) electrons. The van der Waals surface area contributed by atoms with Gasteiger partial charge < -0.3 is 9.26 Å². The van der Waals surface area contributed by atoms with Crippen LogP contribution in [0.2, 0.25) is 0 Å². The van der Waals surface area contributed by atoms with E-state index in [2.05, 4.69) is 10.5 Å². The molecule has 5 heteroatoms. The van der Waals surface area contributed by atoms with E-state index in [4.69, 9.17) is 9.26 Å². The lowest BCUT2D eigenvalue weighted by Gasteiger charge is -2.16. The molecule has 0 aliphatic carbocycles. The maximum Gasteiger partial charge on any atom is 0.267 e. The highest BCUT2D eigenvalue weighted by atomic mass is 16.5. The van der Waals surface area contributed by atoms with Crippen LogP contribution >= 0.6 is 0 Å². The van der Waals surface area contributed by atoms with Gasteiger partial charge in [0, 0.05) is 11.6 Å². The third-order valence-electron chi connectivity index (χ3n) is 4.33. The molecule has 0 fully saturated rings. The van der Waals surface area contributed by atoms with Crippen LogP contribution in [0.5, 0.6) is 5.75 Å². The highest BCUT2D eigenvalue weighted by Gasteiger charge is 2.18. The second-order valence-electron chi connectivity index (χ2n) is 6.39. The van der Waals surface area contributed by atoms with Crippen LogP contribution in [0, 0.1) is 20.8 Å². The van der Waals surface area contributed by atoms with E-state index in [1.807, 2.05) is 63.2 Å². The Bertz CT molecular complexity index is 913. The molecular formula is C21H22N2O3. The smallest absolute Gasteiger partial charge is 0.267 e. The highest BCUT2D eigenvalue weighted by molar-refractivity contribution is 5.93. The number of aryl methyl sites for hydroxylation is 2. The van der Waals surface area contributed by atoms with E-state index in [0.29, 0.717) is 17.3 Å². The van der Waals surface area contributed by atoms with Crippen LogP contribution in [0.3, 0.4) is 0 Å². The average molecular weight is 350 g/mol. The number of hydrogen-bond acceptors (Lipinski definition) is 4. The number of carbonyl (C=O) groups is 1. The largest absolute Gasteiger partial charge is 0.481 e. The number of aromatic nitrogens is 1. The van der Waals surface area contributed by atoms with Gasteiger partial charge in [-0.3, -0.25) is 10.1 Å². The number of ether oxygens (including phenoxy) is 1. The summed E-state index contributed by atoms with van der Waals surface area (Å²) in [5, 5.41) is 6.71. The van der Waals surface area contributed by atoms with Crippen molar-refractivity contribution < 1.29 is 14.1 Å². The normalized spacial score (nSPS) is 11.8. The molecule has 0 unspecified atom stereocenters. The Morgan fingerprint density at radius 1 is 1.12 bits per heavy atom. The Morgan fingerprint density at radius 2 is 1.85 bits per heavy atom. The fourth-order valence-electron chi connectivity index (χ4n) is 2.51. The number of benzene rings is 2. The topological polar surface area (TPSA) is 64.4 Å². The zero-order valence-electron chi connectivity index (χ0n) is 15.4. The fraction of sp³-hybridized carbons (Fsp3) is 0.238. The lowest BCUT2D eigenvalue weighted by Crippen LogP contribution is -2.30. The summed E-state index contributed by atoms with van der Waals surface area (Å²) in [6.07, 6.45) is -0.663. The van der Waals surface area contributed by atoms with Crippen molar-refractivity contribution in [3.63, 3.8) is 0 Å². The van der Waals surface area contributed by atoms with Crippen LogP contribution in [-0.2, 0) is 4.79 Å². The molecule has 0 saturated heterocycles. The monoisotopic (exact) mass is 350 g/mol. The van der Waals surface area contributed by atoms with Crippen LogP contribution in [0.25, 0.3) is 11.3 Å². The second-order valence-corrected chi connectivity index (χ2v) is 6.39. The third-order valence-corrected chi connectivity index (χ3v) is 4.33. The third kappa shape index (κ3) is 3.94. The van der Waals surface area contributed by atoms with E-state index in [-0.39, 0.29) is 5.91 Å². The number of carbonyl (C=O) groups excluding carboxylic acids is 1. The summed E-state index contributed by atoms with van der Waals surface area (Å²) in [6, 6.07) is 15.4. The first-order valence-corrected chi connectivity index (χ1v) is 8.51. The zero-order valence-corrected chi connectivity index (χ0v) is 15.4. The molecule has 1 amide bonds. The van der Waals surface area contributed by atoms with Crippen molar-refractivity contribution >= 4 is 11.8 Å². The van der Waals surface area contributed by atoms with Crippen LogP contribution in [0.15, 0.2) is 53.1 Å². The summed E-state index contributed by atoms with van der Waals surface area (Å²) in [6.45, 7) is 7.71. The van der Waals surface area contributed by atoms with Crippen molar-refractivity contribution in [2.45, 2.75) is 33.8 Å². The van der Waals surface area contributed by atoms with Crippen molar-refractivity contribution in [2.24, 2.45) is 0 Å². The average Bonchev–Trinajstić information content (AvgIpc) is 3.08. The Labute approximate surface area is 153 Å². The van der Waals surface area contributed by atoms with E-state index in [1.54, 1.807) is 13.0 Å². The summed E-state index contributed by atoms with van der Waals surface area (Å²) in [7, 11) is 0.